The molecule has 0 aromatic rings. The molecular weight excluding hydrogens is 100 g/mol. The maximum atomic E-state index is 4.01. The summed E-state index contributed by atoms with van der Waals surface area (Å²) in [7, 11) is 0. The first-order valence-corrected chi connectivity index (χ1v) is 3.45. The van der Waals surface area contributed by atoms with Crippen molar-refractivity contribution < 1.29 is 11.5 Å². The Labute approximate surface area is 50.2 Å². The van der Waals surface area contributed by atoms with E-state index in [2.05, 4.69) is 11.5 Å². The second kappa shape index (κ2) is 2.46. The predicted molar refractivity (Wildman–Crippen MR) is 31.8 cm³/mol. The van der Waals surface area contributed by atoms with Gasteiger partial charge in [-0.2, -0.15) is 0 Å². The van der Waals surface area contributed by atoms with Crippen LogP contribution in [0.5, 0.6) is 0 Å². The minimum atomic E-state index is 0.700. The van der Waals surface area contributed by atoms with Crippen LogP contribution in [-0.2, 0) is 0 Å². The molecule has 0 aromatic heterocycles. The Morgan fingerprint density at radius 1 is 1.00 bits per heavy atom. The average Bonchev–Trinajstić information content (AvgIpc) is 1.64. The van der Waals surface area contributed by atoms with Crippen molar-refractivity contribution in [3.63, 3.8) is 0 Å². The van der Waals surface area contributed by atoms with E-state index in [0.29, 0.717) is 12.1 Å². The Kier molecular flexibility index (Phi) is 1.86. The van der Waals surface area contributed by atoms with Gasteiger partial charge in [0.2, 0.25) is 0 Å². The molecule has 8 heavy (non-hydrogen) atoms. The van der Waals surface area contributed by atoms with Gasteiger partial charge < -0.3 is 11.5 Å². The van der Waals surface area contributed by atoms with Crippen molar-refractivity contribution in [2.75, 3.05) is 0 Å². The number of quaternary nitrogens is 2. The van der Waals surface area contributed by atoms with Gasteiger partial charge in [0, 0.05) is 0 Å². The van der Waals surface area contributed by atoms with Crippen LogP contribution < -0.4 is 11.5 Å². The van der Waals surface area contributed by atoms with Crippen LogP contribution in [0.3, 0.4) is 0 Å². The summed E-state index contributed by atoms with van der Waals surface area (Å²) in [6, 6.07) is 1.40. The quantitative estimate of drug-likeness (QED) is 0.399. The molecule has 0 bridgehead atoms. The van der Waals surface area contributed by atoms with E-state index in [1.54, 1.807) is 0 Å². The minimum Gasteiger partial charge on any atom is -0.355 e. The normalized spacial score (nSPS) is 39.8. The van der Waals surface area contributed by atoms with E-state index in [1.165, 1.54) is 25.7 Å². The van der Waals surface area contributed by atoms with E-state index in [9.17, 15) is 0 Å². The highest BCUT2D eigenvalue weighted by atomic mass is 14.7. The van der Waals surface area contributed by atoms with Crippen molar-refractivity contribution in [1.82, 2.24) is 0 Å². The van der Waals surface area contributed by atoms with Crippen LogP contribution in [0, 0.1) is 0 Å². The molecule has 0 radical (unpaired) electrons. The smallest absolute Gasteiger partial charge is 0.0900 e. The molecule has 2 atom stereocenters. The van der Waals surface area contributed by atoms with Crippen LogP contribution >= 0.6 is 0 Å². The van der Waals surface area contributed by atoms with Gasteiger partial charge in [-0.15, -0.1) is 0 Å². The van der Waals surface area contributed by atoms with E-state index in [4.69, 9.17) is 0 Å². The zero-order valence-corrected chi connectivity index (χ0v) is 5.40. The molecule has 2 heteroatoms. The zero-order chi connectivity index (χ0) is 5.98. The van der Waals surface area contributed by atoms with E-state index < -0.39 is 0 Å². The van der Waals surface area contributed by atoms with Gasteiger partial charge in [0.25, 0.3) is 0 Å². The van der Waals surface area contributed by atoms with Gasteiger partial charge in [0.05, 0.1) is 18.5 Å². The monoisotopic (exact) mass is 116 g/mol. The van der Waals surface area contributed by atoms with Crippen molar-refractivity contribution in [2.45, 2.75) is 37.8 Å². The van der Waals surface area contributed by atoms with E-state index >= 15 is 0 Å². The molecule has 1 aliphatic rings. The van der Waals surface area contributed by atoms with E-state index in [0.717, 1.165) is 0 Å². The summed E-state index contributed by atoms with van der Waals surface area (Å²) in [5.41, 5.74) is 8.02. The molecule has 1 rings (SSSR count). The van der Waals surface area contributed by atoms with Crippen molar-refractivity contribution in [2.24, 2.45) is 0 Å². The SMILES string of the molecule is [NH3+][C@@H]1CCC[C@H]([NH3+])C1. The lowest BCUT2D eigenvalue weighted by molar-refractivity contribution is -0.475. The molecule has 0 unspecified atom stereocenters. The van der Waals surface area contributed by atoms with Crippen molar-refractivity contribution in [3.8, 4) is 0 Å². The molecule has 0 aliphatic heterocycles. The van der Waals surface area contributed by atoms with Gasteiger partial charge >= 0.3 is 0 Å². The number of hydrogen-bond donors (Lipinski definition) is 2. The molecule has 0 aromatic carbocycles. The van der Waals surface area contributed by atoms with Crippen LogP contribution in [0.2, 0.25) is 0 Å². The molecule has 1 aliphatic carbocycles. The lowest BCUT2D eigenvalue weighted by Crippen LogP contribution is -2.70. The van der Waals surface area contributed by atoms with Crippen molar-refractivity contribution in [1.29, 1.82) is 0 Å². The fourth-order valence-corrected chi connectivity index (χ4v) is 1.40. The lowest BCUT2D eigenvalue weighted by Gasteiger charge is -2.17. The fourth-order valence-electron chi connectivity index (χ4n) is 1.40. The summed E-state index contributed by atoms with van der Waals surface area (Å²) in [5, 5.41) is 0. The van der Waals surface area contributed by atoms with Gasteiger partial charge in [-0.1, -0.05) is 0 Å². The Morgan fingerprint density at radius 3 is 1.75 bits per heavy atom. The van der Waals surface area contributed by atoms with Crippen LogP contribution in [0.15, 0.2) is 0 Å². The summed E-state index contributed by atoms with van der Waals surface area (Å²) in [6.45, 7) is 0. The highest BCUT2D eigenvalue weighted by molar-refractivity contribution is 4.67. The molecule has 0 heterocycles. The molecule has 48 valence electrons. The Hall–Kier alpha value is -0.0800. The third kappa shape index (κ3) is 1.46. The van der Waals surface area contributed by atoms with Gasteiger partial charge in [-0.05, 0) is 19.3 Å². The lowest BCUT2D eigenvalue weighted by atomic mass is 9.92. The Bertz CT molecular complexity index is 64.9. The van der Waals surface area contributed by atoms with Crippen molar-refractivity contribution >= 4 is 0 Å². The molecule has 1 saturated carbocycles. The second-order valence-corrected chi connectivity index (χ2v) is 2.90. The number of hydrogen-bond acceptors (Lipinski definition) is 0. The fraction of sp³-hybridized carbons (Fsp3) is 1.00. The minimum absolute atomic E-state index is 0.700. The maximum absolute atomic E-state index is 4.01. The Morgan fingerprint density at radius 2 is 1.50 bits per heavy atom. The van der Waals surface area contributed by atoms with Gasteiger partial charge in [0.1, 0.15) is 0 Å². The molecular formula is C6H16N2+2. The van der Waals surface area contributed by atoms with Gasteiger partial charge in [-0.3, -0.25) is 0 Å². The topological polar surface area (TPSA) is 55.3 Å². The molecule has 0 spiro atoms. The molecule has 0 saturated heterocycles. The molecule has 2 nitrogen and oxygen atoms in total. The summed E-state index contributed by atoms with van der Waals surface area (Å²) >= 11 is 0. The zero-order valence-electron chi connectivity index (χ0n) is 5.40. The van der Waals surface area contributed by atoms with Crippen LogP contribution in [0.1, 0.15) is 25.7 Å². The first-order chi connectivity index (χ1) is 3.79. The predicted octanol–water partition coefficient (Wildman–Crippen LogP) is -1.22. The molecule has 0 amide bonds. The summed E-state index contributed by atoms with van der Waals surface area (Å²) in [6.07, 6.45) is 5.25. The molecule has 1 fully saturated rings. The van der Waals surface area contributed by atoms with E-state index in [1.807, 2.05) is 0 Å². The first-order valence-electron chi connectivity index (χ1n) is 3.45. The highest BCUT2D eigenvalue weighted by Gasteiger charge is 2.19. The van der Waals surface area contributed by atoms with Crippen molar-refractivity contribution in [3.05, 3.63) is 0 Å². The summed E-state index contributed by atoms with van der Waals surface area (Å²) < 4.78 is 0. The highest BCUT2D eigenvalue weighted by Crippen LogP contribution is 2.11. The van der Waals surface area contributed by atoms with Crippen LogP contribution in [0.25, 0.3) is 0 Å². The van der Waals surface area contributed by atoms with Gasteiger partial charge in [-0.25, -0.2) is 0 Å². The Balaban J connectivity index is 2.23. The average molecular weight is 116 g/mol. The first kappa shape index (κ1) is 6.05. The third-order valence-corrected chi connectivity index (χ3v) is 1.89. The third-order valence-electron chi connectivity index (χ3n) is 1.89. The van der Waals surface area contributed by atoms with Crippen LogP contribution in [-0.4, -0.2) is 12.1 Å². The molecule has 6 N–H and O–H groups in total. The number of rotatable bonds is 0. The maximum Gasteiger partial charge on any atom is 0.0900 e. The van der Waals surface area contributed by atoms with Crippen LogP contribution in [0.4, 0.5) is 0 Å². The largest absolute Gasteiger partial charge is 0.355 e. The van der Waals surface area contributed by atoms with Gasteiger partial charge in [0.15, 0.2) is 0 Å². The summed E-state index contributed by atoms with van der Waals surface area (Å²) in [4.78, 5) is 0. The summed E-state index contributed by atoms with van der Waals surface area (Å²) in [5.74, 6) is 0. The second-order valence-electron chi connectivity index (χ2n) is 2.90. The standard InChI is InChI=1S/C6H14N2/c7-5-2-1-3-6(8)4-5/h5-6H,1-4,7-8H2/p+2/t5-,6+. The van der Waals surface area contributed by atoms with E-state index in [-0.39, 0.29) is 0 Å².